The number of hydrogen-bond acceptors (Lipinski definition) is 2. The number of fused-ring (bicyclic) bond motifs is 3. The molecule has 1 aliphatic heterocycles. The van der Waals surface area contributed by atoms with Crippen molar-refractivity contribution >= 4 is 0 Å². The summed E-state index contributed by atoms with van der Waals surface area (Å²) in [5, 5.41) is 4.69. The third-order valence-electron chi connectivity index (χ3n) is 5.89. The zero-order chi connectivity index (χ0) is 19.3. The van der Waals surface area contributed by atoms with Gasteiger partial charge in [-0.25, -0.2) is 9.55 Å². The van der Waals surface area contributed by atoms with Crippen LogP contribution in [0.1, 0.15) is 36.4 Å². The summed E-state index contributed by atoms with van der Waals surface area (Å²) in [6.45, 7) is 2.31. The predicted octanol–water partition coefficient (Wildman–Crippen LogP) is 3.87. The Morgan fingerprint density at radius 2 is 1.82 bits per heavy atom. The molecule has 1 aliphatic rings. The van der Waals surface area contributed by atoms with Gasteiger partial charge in [-0.1, -0.05) is 49.4 Å². The van der Waals surface area contributed by atoms with Crippen molar-refractivity contribution in [2.75, 3.05) is 0 Å². The topological polar surface area (TPSA) is 39.5 Å². The van der Waals surface area contributed by atoms with Crippen LogP contribution in [0.5, 0.6) is 0 Å². The molecule has 0 bridgehead atoms. The van der Waals surface area contributed by atoms with E-state index in [1.54, 1.807) is 0 Å². The Bertz CT molecular complexity index is 1150. The monoisotopic (exact) mass is 370 g/mol. The van der Waals surface area contributed by atoms with Crippen molar-refractivity contribution < 1.29 is 4.57 Å². The quantitative estimate of drug-likeness (QED) is 0.512. The maximum atomic E-state index is 4.69. The summed E-state index contributed by atoms with van der Waals surface area (Å²) in [6, 6.07) is 17.6. The minimum Gasteiger partial charge on any atom is -0.334 e. The second kappa shape index (κ2) is 6.44. The lowest BCUT2D eigenvalue weighted by Crippen LogP contribution is -2.27. The van der Waals surface area contributed by atoms with Gasteiger partial charge in [0.15, 0.2) is 0 Å². The molecule has 0 fully saturated rings. The lowest BCUT2D eigenvalue weighted by Gasteiger charge is -2.19. The van der Waals surface area contributed by atoms with Gasteiger partial charge in [0.25, 0.3) is 12.2 Å². The van der Waals surface area contributed by atoms with Crippen molar-refractivity contribution in [1.82, 2.24) is 19.3 Å². The minimum atomic E-state index is 0.247. The summed E-state index contributed by atoms with van der Waals surface area (Å²) in [5.74, 6) is 2.57. The van der Waals surface area contributed by atoms with Gasteiger partial charge < -0.3 is 4.57 Å². The molecule has 1 unspecified atom stereocenters. The van der Waals surface area contributed by atoms with Crippen LogP contribution in [0.25, 0.3) is 22.8 Å². The molecule has 5 rings (SSSR count). The standard InChI is InChI=1S/C23H24N5/c1-16(17-8-4-6-10-19(17)22-24-12-13-26(22)2)14-21-18-9-5-7-11-20(18)23-27(3)15-25-28(21)23/h4-13,15-16,21H,14H2,1-3H3/q+1/t16?,21-/m1/s1. The molecule has 3 heterocycles. The largest absolute Gasteiger partial charge is 0.334 e. The van der Waals surface area contributed by atoms with E-state index in [-0.39, 0.29) is 6.04 Å². The molecule has 0 N–H and O–H groups in total. The van der Waals surface area contributed by atoms with Crippen LogP contribution < -0.4 is 4.57 Å². The summed E-state index contributed by atoms with van der Waals surface area (Å²) in [4.78, 5) is 4.58. The molecule has 5 heteroatoms. The average Bonchev–Trinajstić information content (AvgIpc) is 3.39. The van der Waals surface area contributed by atoms with E-state index in [0.717, 1.165) is 12.2 Å². The van der Waals surface area contributed by atoms with E-state index >= 15 is 0 Å². The first-order chi connectivity index (χ1) is 13.6. The van der Waals surface area contributed by atoms with Crippen molar-refractivity contribution in [2.24, 2.45) is 14.1 Å². The molecule has 0 aliphatic carbocycles. The van der Waals surface area contributed by atoms with Gasteiger partial charge in [-0.3, -0.25) is 0 Å². The maximum absolute atomic E-state index is 4.69. The van der Waals surface area contributed by atoms with E-state index in [0.29, 0.717) is 5.92 Å². The van der Waals surface area contributed by atoms with Gasteiger partial charge in [-0.05, 0) is 24.0 Å². The van der Waals surface area contributed by atoms with E-state index < -0.39 is 0 Å². The number of aromatic nitrogens is 5. The zero-order valence-corrected chi connectivity index (χ0v) is 16.4. The lowest BCUT2D eigenvalue weighted by atomic mass is 9.88. The van der Waals surface area contributed by atoms with Gasteiger partial charge in [-0.2, -0.15) is 0 Å². The highest BCUT2D eigenvalue weighted by molar-refractivity contribution is 5.64. The lowest BCUT2D eigenvalue weighted by molar-refractivity contribution is -0.660. The highest BCUT2D eigenvalue weighted by Crippen LogP contribution is 2.42. The molecular weight excluding hydrogens is 346 g/mol. The second-order valence-corrected chi connectivity index (χ2v) is 7.70. The van der Waals surface area contributed by atoms with Crippen molar-refractivity contribution in [2.45, 2.75) is 25.3 Å². The molecule has 2 aromatic carbocycles. The fourth-order valence-corrected chi connectivity index (χ4v) is 4.51. The fourth-order valence-electron chi connectivity index (χ4n) is 4.51. The Hall–Kier alpha value is -3.21. The molecule has 2 aromatic heterocycles. The number of hydrogen-bond donors (Lipinski definition) is 0. The summed E-state index contributed by atoms with van der Waals surface area (Å²) < 4.78 is 6.39. The first-order valence-electron chi connectivity index (χ1n) is 9.74. The van der Waals surface area contributed by atoms with Gasteiger partial charge in [0, 0.05) is 35.7 Å². The van der Waals surface area contributed by atoms with Crippen molar-refractivity contribution in [3.05, 3.63) is 78.4 Å². The van der Waals surface area contributed by atoms with Gasteiger partial charge in [-0.15, -0.1) is 4.68 Å². The maximum Gasteiger partial charge on any atom is 0.268 e. The molecule has 28 heavy (non-hydrogen) atoms. The van der Waals surface area contributed by atoms with Crippen molar-refractivity contribution in [3.8, 4) is 22.8 Å². The Balaban J connectivity index is 1.54. The summed E-state index contributed by atoms with van der Waals surface area (Å²) in [6.07, 6.45) is 6.76. The van der Waals surface area contributed by atoms with E-state index in [4.69, 9.17) is 0 Å². The highest BCUT2D eigenvalue weighted by atomic mass is 15.4. The molecule has 0 radical (unpaired) electrons. The smallest absolute Gasteiger partial charge is 0.268 e. The van der Waals surface area contributed by atoms with Crippen molar-refractivity contribution in [3.63, 3.8) is 0 Å². The van der Waals surface area contributed by atoms with Crippen LogP contribution in [-0.4, -0.2) is 19.3 Å². The predicted molar refractivity (Wildman–Crippen MR) is 109 cm³/mol. The first-order valence-corrected chi connectivity index (χ1v) is 9.74. The van der Waals surface area contributed by atoms with Crippen LogP contribution in [0.4, 0.5) is 0 Å². The summed E-state index contributed by atoms with van der Waals surface area (Å²) in [7, 11) is 4.12. The van der Waals surface area contributed by atoms with Crippen LogP contribution >= 0.6 is 0 Å². The molecule has 0 saturated carbocycles. The Morgan fingerprint density at radius 1 is 1.07 bits per heavy atom. The molecule has 0 saturated heterocycles. The molecule has 5 nitrogen and oxygen atoms in total. The van der Waals surface area contributed by atoms with Crippen LogP contribution in [-0.2, 0) is 14.1 Å². The van der Waals surface area contributed by atoms with E-state index in [9.17, 15) is 0 Å². The molecule has 140 valence electrons. The van der Waals surface area contributed by atoms with Gasteiger partial charge in [0.05, 0.1) is 12.6 Å². The number of nitrogens with zero attached hydrogens (tertiary/aromatic N) is 5. The fraction of sp³-hybridized carbons (Fsp3) is 0.261. The number of rotatable bonds is 4. The van der Waals surface area contributed by atoms with Crippen LogP contribution in [0.15, 0.2) is 67.3 Å². The van der Waals surface area contributed by atoms with Crippen molar-refractivity contribution in [1.29, 1.82) is 0 Å². The van der Waals surface area contributed by atoms with Crippen LogP contribution in [0.3, 0.4) is 0 Å². The number of aryl methyl sites for hydroxylation is 2. The van der Waals surface area contributed by atoms with E-state index in [1.165, 1.54) is 28.1 Å². The third-order valence-corrected chi connectivity index (χ3v) is 5.89. The molecule has 4 aromatic rings. The van der Waals surface area contributed by atoms with Gasteiger partial charge in [0.2, 0.25) is 0 Å². The first kappa shape index (κ1) is 16.9. The Labute approximate surface area is 164 Å². The second-order valence-electron chi connectivity index (χ2n) is 7.70. The third kappa shape index (κ3) is 2.50. The molecule has 0 amide bonds. The molecule has 2 atom stereocenters. The van der Waals surface area contributed by atoms with E-state index in [2.05, 4.69) is 86.4 Å². The normalized spacial score (nSPS) is 16.0. The Kier molecular flexibility index (Phi) is 3.90. The zero-order valence-electron chi connectivity index (χ0n) is 16.4. The average molecular weight is 370 g/mol. The molecular formula is C23H24N5+. The summed E-state index contributed by atoms with van der Waals surface area (Å²) >= 11 is 0. The van der Waals surface area contributed by atoms with Gasteiger partial charge >= 0.3 is 0 Å². The Morgan fingerprint density at radius 3 is 2.61 bits per heavy atom. The van der Waals surface area contributed by atoms with E-state index in [1.807, 2.05) is 25.8 Å². The van der Waals surface area contributed by atoms with Crippen LogP contribution in [0.2, 0.25) is 0 Å². The van der Waals surface area contributed by atoms with Crippen LogP contribution in [0, 0.1) is 0 Å². The number of imidazole rings is 1. The number of benzene rings is 2. The summed E-state index contributed by atoms with van der Waals surface area (Å²) in [5.41, 5.74) is 5.19. The molecule has 0 spiro atoms. The highest BCUT2D eigenvalue weighted by Gasteiger charge is 2.38. The van der Waals surface area contributed by atoms with Gasteiger partial charge in [0.1, 0.15) is 11.9 Å². The SMILES string of the molecule is CC(C[C@@H]1c2ccccc2-c2n1nc[n+]2C)c1ccccc1-c1nccn1C. The minimum absolute atomic E-state index is 0.247.